The molecule has 21 heavy (non-hydrogen) atoms. The van der Waals surface area contributed by atoms with Crippen LogP contribution in [0.4, 0.5) is 0 Å². The first-order valence-electron chi connectivity index (χ1n) is 6.77. The van der Waals surface area contributed by atoms with E-state index < -0.39 is 6.04 Å². The first-order valence-corrected chi connectivity index (χ1v) is 6.77. The Hall–Kier alpha value is -2.68. The second-order valence-electron chi connectivity index (χ2n) is 4.78. The Bertz CT molecular complexity index is 703. The van der Waals surface area contributed by atoms with Crippen LogP contribution in [0.3, 0.4) is 0 Å². The van der Waals surface area contributed by atoms with E-state index in [0.717, 1.165) is 11.1 Å². The summed E-state index contributed by atoms with van der Waals surface area (Å²) in [6, 6.07) is 18.6. The Morgan fingerprint density at radius 2 is 1.67 bits per heavy atom. The van der Waals surface area contributed by atoms with E-state index in [1.807, 2.05) is 66.7 Å². The third-order valence-corrected chi connectivity index (χ3v) is 3.41. The maximum Gasteiger partial charge on any atom is 0.215 e. The summed E-state index contributed by atoms with van der Waals surface area (Å²) < 4.78 is 5.22. The molecular weight excluding hydrogens is 262 g/mol. The minimum absolute atomic E-state index is 0.00131. The third kappa shape index (κ3) is 2.63. The van der Waals surface area contributed by atoms with Gasteiger partial charge in [0.05, 0.1) is 7.11 Å². The molecule has 0 fully saturated rings. The highest BCUT2D eigenvalue weighted by molar-refractivity contribution is 6.17. The zero-order valence-electron chi connectivity index (χ0n) is 11.7. The molecule has 1 unspecified atom stereocenters. The van der Waals surface area contributed by atoms with Crippen LogP contribution < -0.4 is 0 Å². The molecule has 2 aromatic carbocycles. The van der Waals surface area contributed by atoms with Gasteiger partial charge in [0.1, 0.15) is 6.04 Å². The van der Waals surface area contributed by atoms with E-state index >= 15 is 0 Å². The monoisotopic (exact) mass is 277 g/mol. The zero-order valence-corrected chi connectivity index (χ0v) is 11.7. The molecule has 1 aliphatic rings. The first kappa shape index (κ1) is 13.3. The number of carbonyl (C=O) groups excluding carboxylic acids is 1. The lowest BCUT2D eigenvalue weighted by atomic mass is 9.91. The average Bonchev–Trinajstić information content (AvgIpc) is 2.54. The van der Waals surface area contributed by atoms with E-state index in [4.69, 9.17) is 4.74 Å². The van der Waals surface area contributed by atoms with Gasteiger partial charge in [-0.1, -0.05) is 60.7 Å². The smallest absolute Gasteiger partial charge is 0.215 e. The van der Waals surface area contributed by atoms with Gasteiger partial charge in [-0.3, -0.25) is 4.79 Å². The number of benzene rings is 2. The molecule has 1 atom stereocenters. The lowest BCUT2D eigenvalue weighted by Crippen LogP contribution is -2.36. The highest BCUT2D eigenvalue weighted by Gasteiger charge is 2.35. The van der Waals surface area contributed by atoms with Gasteiger partial charge in [0.2, 0.25) is 5.90 Å². The molecule has 0 saturated heterocycles. The Balaban J connectivity index is 1.91. The first-order chi connectivity index (χ1) is 10.3. The molecular formula is C18H15NO2. The maximum absolute atomic E-state index is 12.5. The molecule has 0 spiro atoms. The molecule has 0 saturated carbocycles. The number of carbonyl (C=O) groups is 1. The van der Waals surface area contributed by atoms with Crippen LogP contribution in [0, 0.1) is 0 Å². The molecule has 0 bridgehead atoms. The van der Waals surface area contributed by atoms with Gasteiger partial charge < -0.3 is 4.74 Å². The normalized spacial score (nSPS) is 18.8. The highest BCUT2D eigenvalue weighted by Crippen LogP contribution is 2.27. The van der Waals surface area contributed by atoms with Crippen molar-refractivity contribution in [1.29, 1.82) is 0 Å². The summed E-state index contributed by atoms with van der Waals surface area (Å²) in [5.41, 5.74) is 2.53. The van der Waals surface area contributed by atoms with Crippen LogP contribution in [-0.2, 0) is 4.74 Å². The van der Waals surface area contributed by atoms with Crippen LogP contribution >= 0.6 is 0 Å². The van der Waals surface area contributed by atoms with Crippen molar-refractivity contribution in [2.24, 2.45) is 4.99 Å². The van der Waals surface area contributed by atoms with Crippen LogP contribution in [0.2, 0.25) is 0 Å². The maximum atomic E-state index is 12.5. The molecule has 1 heterocycles. The van der Waals surface area contributed by atoms with Crippen molar-refractivity contribution in [3.05, 3.63) is 77.4 Å². The molecule has 3 nitrogen and oxygen atoms in total. The topological polar surface area (TPSA) is 38.7 Å². The number of Topliss-reactive ketones (excluding diaryl/α,β-unsaturated/α-hetero) is 1. The molecule has 3 rings (SSSR count). The Morgan fingerprint density at radius 1 is 1.05 bits per heavy atom. The van der Waals surface area contributed by atoms with Crippen molar-refractivity contribution >= 4 is 17.8 Å². The molecule has 1 aliphatic heterocycles. The van der Waals surface area contributed by atoms with Gasteiger partial charge in [-0.05, 0) is 11.6 Å². The van der Waals surface area contributed by atoms with E-state index in [0.29, 0.717) is 11.5 Å². The molecule has 2 aromatic rings. The minimum atomic E-state index is -0.470. The van der Waals surface area contributed by atoms with Crippen LogP contribution in [0.15, 0.2) is 71.2 Å². The average molecular weight is 277 g/mol. The van der Waals surface area contributed by atoms with Gasteiger partial charge >= 0.3 is 0 Å². The summed E-state index contributed by atoms with van der Waals surface area (Å²) >= 11 is 0. The molecule has 0 aromatic heterocycles. The summed E-state index contributed by atoms with van der Waals surface area (Å²) in [5.74, 6) is 0.534. The molecule has 3 heteroatoms. The number of nitrogens with zero attached hydrogens (tertiary/aromatic N) is 1. The van der Waals surface area contributed by atoms with Gasteiger partial charge in [0.25, 0.3) is 0 Å². The highest BCUT2D eigenvalue weighted by atomic mass is 16.5. The number of hydrogen-bond donors (Lipinski definition) is 0. The number of aliphatic imine (C=N–C) groups is 1. The van der Waals surface area contributed by atoms with E-state index in [-0.39, 0.29) is 5.78 Å². The fourth-order valence-corrected chi connectivity index (χ4v) is 2.31. The zero-order chi connectivity index (χ0) is 14.7. The quantitative estimate of drug-likeness (QED) is 0.807. The van der Waals surface area contributed by atoms with Crippen molar-refractivity contribution in [1.82, 2.24) is 0 Å². The molecule has 104 valence electrons. The summed E-state index contributed by atoms with van der Waals surface area (Å²) in [6.07, 6.45) is 1.96. The predicted molar refractivity (Wildman–Crippen MR) is 83.4 cm³/mol. The van der Waals surface area contributed by atoms with E-state index in [1.54, 1.807) is 7.11 Å². The van der Waals surface area contributed by atoms with Gasteiger partial charge in [-0.25, -0.2) is 4.99 Å². The van der Waals surface area contributed by atoms with Crippen molar-refractivity contribution in [3.63, 3.8) is 0 Å². The summed E-state index contributed by atoms with van der Waals surface area (Å²) in [4.78, 5) is 16.8. The van der Waals surface area contributed by atoms with Gasteiger partial charge in [-0.15, -0.1) is 0 Å². The second-order valence-corrected chi connectivity index (χ2v) is 4.78. The van der Waals surface area contributed by atoms with Gasteiger partial charge in [0.15, 0.2) is 5.78 Å². The van der Waals surface area contributed by atoms with Crippen LogP contribution in [0.5, 0.6) is 0 Å². The van der Waals surface area contributed by atoms with Crippen molar-refractivity contribution in [2.75, 3.05) is 7.11 Å². The van der Waals surface area contributed by atoms with Gasteiger partial charge in [-0.2, -0.15) is 0 Å². The minimum Gasteiger partial charge on any atom is -0.481 e. The van der Waals surface area contributed by atoms with Crippen molar-refractivity contribution in [3.8, 4) is 0 Å². The van der Waals surface area contributed by atoms with Crippen LogP contribution in [0.25, 0.3) is 6.08 Å². The number of ether oxygens (including phenoxy) is 1. The fourth-order valence-electron chi connectivity index (χ4n) is 2.31. The Morgan fingerprint density at radius 3 is 2.29 bits per heavy atom. The van der Waals surface area contributed by atoms with Crippen molar-refractivity contribution < 1.29 is 9.53 Å². The molecule has 0 N–H and O–H groups in total. The van der Waals surface area contributed by atoms with E-state index in [1.165, 1.54) is 0 Å². The molecule has 0 amide bonds. The Labute approximate surface area is 123 Å². The standard InChI is InChI=1S/C18H15NO2/c1-21-18-15(12-13-8-4-2-5-9-13)16(19-18)17(20)14-10-6-3-7-11-14/h2-12,16H,1H3. The second kappa shape index (κ2) is 5.75. The van der Waals surface area contributed by atoms with Crippen molar-refractivity contribution in [2.45, 2.75) is 6.04 Å². The summed E-state index contributed by atoms with van der Waals surface area (Å²) in [6.45, 7) is 0. The van der Waals surface area contributed by atoms with Gasteiger partial charge in [0, 0.05) is 11.1 Å². The molecule has 0 radical (unpaired) electrons. The predicted octanol–water partition coefficient (Wildman–Crippen LogP) is 3.38. The largest absolute Gasteiger partial charge is 0.481 e. The third-order valence-electron chi connectivity index (χ3n) is 3.41. The van der Waals surface area contributed by atoms with Crippen LogP contribution in [0.1, 0.15) is 15.9 Å². The SMILES string of the molecule is COC1=NC(C(=O)c2ccccc2)C1=Cc1ccccc1. The lowest BCUT2D eigenvalue weighted by molar-refractivity contribution is 0.0969. The number of ketones is 1. The van der Waals surface area contributed by atoms with E-state index in [9.17, 15) is 4.79 Å². The number of rotatable bonds is 3. The Kier molecular flexibility index (Phi) is 3.65. The summed E-state index contributed by atoms with van der Waals surface area (Å²) in [5, 5.41) is 0. The number of hydrogen-bond acceptors (Lipinski definition) is 3. The molecule has 0 aliphatic carbocycles. The number of methoxy groups -OCH3 is 1. The van der Waals surface area contributed by atoms with E-state index in [2.05, 4.69) is 4.99 Å². The fraction of sp³-hybridized carbons (Fsp3) is 0.111. The summed E-state index contributed by atoms with van der Waals surface area (Å²) in [7, 11) is 1.57. The lowest BCUT2D eigenvalue weighted by Gasteiger charge is -2.25. The van der Waals surface area contributed by atoms with Crippen LogP contribution in [-0.4, -0.2) is 24.8 Å².